The molecule has 12 rings (SSSR count). The third-order valence-electron chi connectivity index (χ3n) is 11.4. The fourth-order valence-corrected chi connectivity index (χ4v) is 9.82. The molecule has 5 heteroatoms. The highest BCUT2D eigenvalue weighted by Crippen LogP contribution is 2.41. The van der Waals surface area contributed by atoms with E-state index in [1.165, 1.54) is 52.5 Å². The van der Waals surface area contributed by atoms with Crippen molar-refractivity contribution in [2.24, 2.45) is 0 Å². The molecule has 0 amide bonds. The number of thiophene rings is 1. The van der Waals surface area contributed by atoms with Gasteiger partial charge in [-0.1, -0.05) is 133 Å². The quantitative estimate of drug-likeness (QED) is 0.164. The lowest BCUT2D eigenvalue weighted by atomic mass is 9.92. The van der Waals surface area contributed by atoms with Crippen LogP contribution in [0.4, 0.5) is 0 Å². The van der Waals surface area contributed by atoms with Crippen molar-refractivity contribution in [3.63, 3.8) is 0 Å². The summed E-state index contributed by atoms with van der Waals surface area (Å²) in [5, 5.41) is 9.75. The highest BCUT2D eigenvalue weighted by Gasteiger charge is 2.19. The van der Waals surface area contributed by atoms with E-state index in [2.05, 4.69) is 180 Å². The maximum absolute atomic E-state index is 5.34. The first kappa shape index (κ1) is 32.7. The summed E-state index contributed by atoms with van der Waals surface area (Å²) < 4.78 is 4.90. The number of hydrogen-bond acceptors (Lipinski definition) is 4. The highest BCUT2D eigenvalue weighted by atomic mass is 32.1. The van der Waals surface area contributed by atoms with Gasteiger partial charge in [0.1, 0.15) is 0 Å². The third kappa shape index (κ3) is 5.25. The van der Waals surface area contributed by atoms with Crippen LogP contribution in [-0.2, 0) is 0 Å². The topological polar surface area (TPSA) is 43.6 Å². The van der Waals surface area contributed by atoms with Gasteiger partial charge >= 0.3 is 0 Å². The Morgan fingerprint density at radius 2 is 0.879 bits per heavy atom. The Morgan fingerprint density at radius 3 is 1.64 bits per heavy atom. The average molecular weight is 757 g/mol. The maximum atomic E-state index is 5.34. The molecule has 4 nitrogen and oxygen atoms in total. The van der Waals surface area contributed by atoms with Gasteiger partial charge in [-0.15, -0.1) is 11.3 Å². The molecule has 12 aromatic rings. The number of fused-ring (bicyclic) bond motifs is 9. The zero-order valence-electron chi connectivity index (χ0n) is 31.2. The first-order valence-electron chi connectivity index (χ1n) is 19.5. The minimum absolute atomic E-state index is 0.619. The van der Waals surface area contributed by atoms with E-state index in [1.54, 1.807) is 0 Å². The number of para-hydroxylation sites is 2. The van der Waals surface area contributed by atoms with E-state index >= 15 is 0 Å². The van der Waals surface area contributed by atoms with E-state index < -0.39 is 0 Å². The van der Waals surface area contributed by atoms with Crippen molar-refractivity contribution in [2.45, 2.75) is 0 Å². The molecule has 0 saturated heterocycles. The lowest BCUT2D eigenvalue weighted by Gasteiger charge is -2.16. The minimum atomic E-state index is 0.619. The molecule has 0 aliphatic rings. The van der Waals surface area contributed by atoms with Gasteiger partial charge in [-0.3, -0.25) is 0 Å². The molecule has 3 heterocycles. The summed E-state index contributed by atoms with van der Waals surface area (Å²) in [5.74, 6) is 1.89. The van der Waals surface area contributed by atoms with Crippen LogP contribution in [0.5, 0.6) is 0 Å². The van der Waals surface area contributed by atoms with Gasteiger partial charge in [0.15, 0.2) is 17.5 Å². The van der Waals surface area contributed by atoms with Gasteiger partial charge in [0.25, 0.3) is 0 Å². The fourth-order valence-electron chi connectivity index (χ4n) is 8.73. The molecule has 0 aliphatic carbocycles. The smallest absolute Gasteiger partial charge is 0.164 e. The number of nitrogens with zero attached hydrogens (tertiary/aromatic N) is 4. The van der Waals surface area contributed by atoms with Gasteiger partial charge in [0, 0.05) is 53.3 Å². The molecule has 3 aromatic heterocycles. The first-order chi connectivity index (χ1) is 28.7. The zero-order valence-corrected chi connectivity index (χ0v) is 32.0. The second kappa shape index (κ2) is 13.1. The molecule has 270 valence electrons. The number of benzene rings is 9. The van der Waals surface area contributed by atoms with Crippen LogP contribution in [0, 0.1) is 0 Å². The van der Waals surface area contributed by atoms with Crippen LogP contribution in [0.2, 0.25) is 0 Å². The minimum Gasteiger partial charge on any atom is -0.309 e. The second-order valence-electron chi connectivity index (χ2n) is 14.8. The van der Waals surface area contributed by atoms with Crippen LogP contribution >= 0.6 is 11.3 Å². The van der Waals surface area contributed by atoms with E-state index in [9.17, 15) is 0 Å². The molecule has 0 aliphatic heterocycles. The molecule has 0 fully saturated rings. The molecule has 0 saturated carbocycles. The number of rotatable bonds is 5. The van der Waals surface area contributed by atoms with Gasteiger partial charge < -0.3 is 4.57 Å². The Bertz CT molecular complexity index is 3530. The molecule has 0 atom stereocenters. The van der Waals surface area contributed by atoms with E-state index in [0.29, 0.717) is 17.5 Å². The lowest BCUT2D eigenvalue weighted by Crippen LogP contribution is -2.02. The molecule has 58 heavy (non-hydrogen) atoms. The normalized spacial score (nSPS) is 11.8. The summed E-state index contributed by atoms with van der Waals surface area (Å²) >= 11 is 1.81. The van der Waals surface area contributed by atoms with Crippen LogP contribution in [0.1, 0.15) is 0 Å². The van der Waals surface area contributed by atoms with Crippen molar-refractivity contribution in [3.05, 3.63) is 194 Å². The van der Waals surface area contributed by atoms with Crippen molar-refractivity contribution in [1.29, 1.82) is 0 Å². The summed E-state index contributed by atoms with van der Waals surface area (Å²) in [6.07, 6.45) is 0. The molecule has 0 radical (unpaired) electrons. The Hall–Kier alpha value is -7.47. The highest BCUT2D eigenvalue weighted by molar-refractivity contribution is 7.25. The first-order valence-corrected chi connectivity index (χ1v) is 20.3. The Balaban J connectivity index is 1.16. The Labute approximate surface area is 338 Å². The van der Waals surface area contributed by atoms with E-state index in [4.69, 9.17) is 15.0 Å². The van der Waals surface area contributed by atoms with Crippen molar-refractivity contribution < 1.29 is 0 Å². The van der Waals surface area contributed by atoms with Gasteiger partial charge in [0.2, 0.25) is 0 Å². The average Bonchev–Trinajstić information content (AvgIpc) is 3.84. The number of aromatic nitrogens is 4. The monoisotopic (exact) mass is 756 g/mol. The molecule has 0 N–H and O–H groups in total. The van der Waals surface area contributed by atoms with Gasteiger partial charge in [-0.25, -0.2) is 15.0 Å². The molecular weight excluding hydrogens is 725 g/mol. The summed E-state index contributed by atoms with van der Waals surface area (Å²) in [6.45, 7) is 0. The predicted octanol–water partition coefficient (Wildman–Crippen LogP) is 14.3. The fraction of sp³-hybridized carbons (Fsp3) is 0. The largest absolute Gasteiger partial charge is 0.309 e. The second-order valence-corrected chi connectivity index (χ2v) is 15.9. The van der Waals surface area contributed by atoms with Crippen molar-refractivity contribution >= 4 is 74.9 Å². The third-order valence-corrected chi connectivity index (χ3v) is 12.5. The van der Waals surface area contributed by atoms with Gasteiger partial charge in [0.05, 0.1) is 11.0 Å². The van der Waals surface area contributed by atoms with Crippen LogP contribution in [0.15, 0.2) is 194 Å². The van der Waals surface area contributed by atoms with E-state index in [0.717, 1.165) is 44.5 Å². The molecule has 0 spiro atoms. The maximum Gasteiger partial charge on any atom is 0.164 e. The SMILES string of the molecule is c1ccc(-c2nc(-c3cc(-c4cc5ccccc5c5ccccc45)cc(-n4c5ccccc5c5ccccc54)c3)nc(-c3ccc4sc5ccccc5c4c3)n2)cc1. The van der Waals surface area contributed by atoms with Crippen molar-refractivity contribution in [2.75, 3.05) is 0 Å². The van der Waals surface area contributed by atoms with E-state index in [1.807, 2.05) is 29.5 Å². The van der Waals surface area contributed by atoms with Gasteiger partial charge in [-0.05, 0) is 93.3 Å². The molecule has 0 bridgehead atoms. The lowest BCUT2D eigenvalue weighted by molar-refractivity contribution is 1.07. The van der Waals surface area contributed by atoms with E-state index in [-0.39, 0.29) is 0 Å². The van der Waals surface area contributed by atoms with Crippen LogP contribution in [-0.4, -0.2) is 19.5 Å². The standard InChI is InChI=1S/C53H32N4S/c1-2-14-33(15-3-1)51-54-52(35-26-27-50-46(32-35)44-22-10-13-25-49(44)58-50)56-53(55-51)37-28-36(45-31-34-16-4-5-17-39(34)40-18-6-7-19-41(40)45)29-38(30-37)57-47-23-11-8-20-42(47)43-21-9-12-24-48(43)57/h1-32H. The predicted molar refractivity (Wildman–Crippen MR) is 244 cm³/mol. The van der Waals surface area contributed by atoms with Crippen molar-refractivity contribution in [3.8, 4) is 51.0 Å². The summed E-state index contributed by atoms with van der Waals surface area (Å²) in [6, 6.07) is 69.3. The zero-order chi connectivity index (χ0) is 38.2. The van der Waals surface area contributed by atoms with Crippen LogP contribution in [0.3, 0.4) is 0 Å². The Morgan fingerprint density at radius 1 is 0.328 bits per heavy atom. The molecule has 9 aromatic carbocycles. The van der Waals surface area contributed by atoms with Crippen LogP contribution < -0.4 is 0 Å². The summed E-state index contributed by atoms with van der Waals surface area (Å²) in [4.78, 5) is 15.8. The summed E-state index contributed by atoms with van der Waals surface area (Å²) in [5.41, 5.74) is 8.38. The van der Waals surface area contributed by atoms with Crippen LogP contribution in [0.25, 0.3) is 115 Å². The molecular formula is C53H32N4S. The number of hydrogen-bond donors (Lipinski definition) is 0. The molecule has 0 unspecified atom stereocenters. The van der Waals surface area contributed by atoms with Crippen molar-refractivity contribution in [1.82, 2.24) is 19.5 Å². The Kier molecular flexibility index (Phi) is 7.37. The van der Waals surface area contributed by atoms with Gasteiger partial charge in [-0.2, -0.15) is 0 Å². The summed E-state index contributed by atoms with van der Waals surface area (Å²) in [7, 11) is 0.